The summed E-state index contributed by atoms with van der Waals surface area (Å²) in [6.07, 6.45) is 1.01. The van der Waals surface area contributed by atoms with E-state index in [1.807, 2.05) is 13.8 Å². The van der Waals surface area contributed by atoms with E-state index in [1.54, 1.807) is 0 Å². The lowest BCUT2D eigenvalue weighted by Gasteiger charge is -2.30. The predicted molar refractivity (Wildman–Crippen MR) is 47.8 cm³/mol. The molecule has 0 saturated carbocycles. The molecule has 0 amide bonds. The molecule has 1 fully saturated rings. The van der Waals surface area contributed by atoms with Gasteiger partial charge in [0.1, 0.15) is 0 Å². The smallest absolute Gasteiger partial charge is 0.235 e. The fourth-order valence-electron chi connectivity index (χ4n) is 1.57. The summed E-state index contributed by atoms with van der Waals surface area (Å²) in [6, 6.07) is 0. The van der Waals surface area contributed by atoms with Crippen molar-refractivity contribution in [1.82, 2.24) is 0 Å². The van der Waals surface area contributed by atoms with Crippen molar-refractivity contribution < 1.29 is 13.2 Å². The molecule has 3 nitrogen and oxygen atoms in total. The van der Waals surface area contributed by atoms with Gasteiger partial charge >= 0.3 is 0 Å². The highest BCUT2D eigenvalue weighted by Crippen LogP contribution is 2.26. The molecule has 0 bridgehead atoms. The largest absolute Gasteiger partial charge is 0.375 e. The zero-order chi connectivity index (χ0) is 9.35. The van der Waals surface area contributed by atoms with Crippen LogP contribution in [0.15, 0.2) is 0 Å². The maximum absolute atomic E-state index is 11.0. The molecule has 1 aliphatic heterocycles. The van der Waals surface area contributed by atoms with Crippen molar-refractivity contribution >= 4 is 19.7 Å². The Morgan fingerprint density at radius 1 is 1.25 bits per heavy atom. The molecule has 0 aliphatic carbocycles. The first-order chi connectivity index (χ1) is 5.39. The minimum atomic E-state index is -3.40. The SMILES string of the molecule is C[C@@H]1CC(S(=O)(=O)Cl)C[C@H](C)O1. The Bertz CT molecular complexity index is 239. The number of ether oxygens (including phenoxy) is 1. The van der Waals surface area contributed by atoms with E-state index in [9.17, 15) is 8.42 Å². The number of rotatable bonds is 1. The maximum Gasteiger partial charge on any atom is 0.235 e. The third kappa shape index (κ3) is 2.61. The molecule has 0 aromatic rings. The summed E-state index contributed by atoms with van der Waals surface area (Å²) in [4.78, 5) is 0. The van der Waals surface area contributed by atoms with Crippen LogP contribution in [0.25, 0.3) is 0 Å². The van der Waals surface area contributed by atoms with E-state index in [0.717, 1.165) is 0 Å². The fraction of sp³-hybridized carbons (Fsp3) is 1.00. The van der Waals surface area contributed by atoms with Gasteiger partial charge in [-0.1, -0.05) is 0 Å². The van der Waals surface area contributed by atoms with E-state index in [1.165, 1.54) is 0 Å². The molecule has 0 radical (unpaired) electrons. The van der Waals surface area contributed by atoms with Gasteiger partial charge in [0.15, 0.2) is 0 Å². The second-order valence-electron chi connectivity index (χ2n) is 3.33. The lowest BCUT2D eigenvalue weighted by molar-refractivity contribution is -0.0273. The molecule has 0 spiro atoms. The van der Waals surface area contributed by atoms with Crippen LogP contribution in [-0.4, -0.2) is 25.9 Å². The second kappa shape index (κ2) is 3.52. The first-order valence-corrected chi connectivity index (χ1v) is 6.35. The van der Waals surface area contributed by atoms with Crippen molar-refractivity contribution in [3.05, 3.63) is 0 Å². The normalized spacial score (nSPS) is 38.1. The van der Waals surface area contributed by atoms with Crippen molar-refractivity contribution in [3.8, 4) is 0 Å². The average molecular weight is 213 g/mol. The molecule has 72 valence electrons. The van der Waals surface area contributed by atoms with Crippen molar-refractivity contribution in [1.29, 1.82) is 0 Å². The summed E-state index contributed by atoms with van der Waals surface area (Å²) in [5, 5.41) is -0.432. The van der Waals surface area contributed by atoms with E-state index < -0.39 is 14.3 Å². The van der Waals surface area contributed by atoms with Gasteiger partial charge in [0.25, 0.3) is 0 Å². The fourth-order valence-corrected chi connectivity index (χ4v) is 3.01. The quantitative estimate of drug-likeness (QED) is 0.619. The summed E-state index contributed by atoms with van der Waals surface area (Å²) in [5.41, 5.74) is 0. The molecule has 1 saturated heterocycles. The third-order valence-corrected chi connectivity index (χ3v) is 3.99. The zero-order valence-electron chi connectivity index (χ0n) is 7.16. The Labute approximate surface area is 77.5 Å². The molecule has 3 atom stereocenters. The lowest BCUT2D eigenvalue weighted by atomic mass is 10.1. The minimum Gasteiger partial charge on any atom is -0.375 e. The van der Waals surface area contributed by atoms with Crippen molar-refractivity contribution in [2.24, 2.45) is 0 Å². The van der Waals surface area contributed by atoms with Gasteiger partial charge < -0.3 is 4.74 Å². The average Bonchev–Trinajstić information content (AvgIpc) is 1.82. The van der Waals surface area contributed by atoms with Crippen LogP contribution < -0.4 is 0 Å². The summed E-state index contributed by atoms with van der Waals surface area (Å²) >= 11 is 0. The summed E-state index contributed by atoms with van der Waals surface area (Å²) < 4.78 is 27.4. The van der Waals surface area contributed by atoms with Crippen molar-refractivity contribution in [2.75, 3.05) is 0 Å². The van der Waals surface area contributed by atoms with Gasteiger partial charge in [0, 0.05) is 10.7 Å². The maximum atomic E-state index is 11.0. The number of halogens is 1. The van der Waals surface area contributed by atoms with Crippen LogP contribution in [0.1, 0.15) is 26.7 Å². The Morgan fingerprint density at radius 2 is 1.67 bits per heavy atom. The molecule has 0 N–H and O–H groups in total. The molecule has 5 heteroatoms. The molecule has 12 heavy (non-hydrogen) atoms. The molecule has 0 aromatic carbocycles. The highest BCUT2D eigenvalue weighted by molar-refractivity contribution is 8.14. The van der Waals surface area contributed by atoms with E-state index in [-0.39, 0.29) is 12.2 Å². The second-order valence-corrected chi connectivity index (χ2v) is 6.23. The van der Waals surface area contributed by atoms with Crippen LogP contribution in [-0.2, 0) is 13.8 Å². The molecular formula is C7H13ClO3S. The predicted octanol–water partition coefficient (Wildman–Crippen LogP) is 1.51. The van der Waals surface area contributed by atoms with Crippen LogP contribution >= 0.6 is 10.7 Å². The molecule has 1 aliphatic rings. The monoisotopic (exact) mass is 212 g/mol. The molecule has 1 heterocycles. The molecule has 1 rings (SSSR count). The highest BCUT2D eigenvalue weighted by atomic mass is 35.7. The third-order valence-electron chi connectivity index (χ3n) is 2.05. The van der Waals surface area contributed by atoms with Gasteiger partial charge in [-0.15, -0.1) is 0 Å². The highest BCUT2D eigenvalue weighted by Gasteiger charge is 2.32. The number of hydrogen-bond donors (Lipinski definition) is 0. The Hall–Kier alpha value is 0.200. The van der Waals surface area contributed by atoms with Gasteiger partial charge in [-0.2, -0.15) is 0 Å². The van der Waals surface area contributed by atoms with Crippen LogP contribution in [0.3, 0.4) is 0 Å². The molecule has 0 aromatic heterocycles. The Balaban J connectivity index is 2.68. The first-order valence-electron chi connectivity index (χ1n) is 3.98. The van der Waals surface area contributed by atoms with E-state index in [4.69, 9.17) is 15.4 Å². The van der Waals surface area contributed by atoms with Gasteiger partial charge in [-0.05, 0) is 26.7 Å². The van der Waals surface area contributed by atoms with E-state index in [0.29, 0.717) is 12.8 Å². The summed E-state index contributed by atoms with van der Waals surface area (Å²) in [5.74, 6) is 0. The van der Waals surface area contributed by atoms with Crippen molar-refractivity contribution in [3.63, 3.8) is 0 Å². The van der Waals surface area contributed by atoms with Crippen LogP contribution in [0.2, 0.25) is 0 Å². The Kier molecular flexibility index (Phi) is 3.01. The van der Waals surface area contributed by atoms with Gasteiger partial charge in [-0.25, -0.2) is 8.42 Å². The van der Waals surface area contributed by atoms with Crippen LogP contribution in [0.4, 0.5) is 0 Å². The van der Waals surface area contributed by atoms with Gasteiger partial charge in [-0.3, -0.25) is 0 Å². The lowest BCUT2D eigenvalue weighted by Crippen LogP contribution is -2.35. The first kappa shape index (κ1) is 10.3. The van der Waals surface area contributed by atoms with Crippen LogP contribution in [0.5, 0.6) is 0 Å². The number of hydrogen-bond acceptors (Lipinski definition) is 3. The van der Waals surface area contributed by atoms with E-state index >= 15 is 0 Å². The van der Waals surface area contributed by atoms with Gasteiger partial charge in [0.2, 0.25) is 9.05 Å². The standard InChI is InChI=1S/C7H13ClO3S/c1-5-3-7(12(8,9)10)4-6(2)11-5/h5-7H,3-4H2,1-2H3/t5-,6+,7?. The molecule has 1 unspecified atom stereocenters. The van der Waals surface area contributed by atoms with E-state index in [2.05, 4.69) is 0 Å². The van der Waals surface area contributed by atoms with Crippen LogP contribution in [0, 0.1) is 0 Å². The summed E-state index contributed by atoms with van der Waals surface area (Å²) in [7, 11) is 1.86. The zero-order valence-corrected chi connectivity index (χ0v) is 8.73. The Morgan fingerprint density at radius 3 is 2.00 bits per heavy atom. The minimum absolute atomic E-state index is 0.00715. The molecular weight excluding hydrogens is 200 g/mol. The summed E-state index contributed by atoms with van der Waals surface area (Å²) in [6.45, 7) is 3.73. The topological polar surface area (TPSA) is 43.4 Å². The van der Waals surface area contributed by atoms with Crippen molar-refractivity contribution in [2.45, 2.75) is 44.1 Å². The van der Waals surface area contributed by atoms with Gasteiger partial charge in [0.05, 0.1) is 17.5 Å².